The van der Waals surface area contributed by atoms with Crippen molar-refractivity contribution in [3.63, 3.8) is 0 Å². The van der Waals surface area contributed by atoms with Gasteiger partial charge in [-0.25, -0.2) is 0 Å². The Balaban J connectivity index is 1.72. The molecule has 4 rings (SSSR count). The number of hydrogen-bond acceptors (Lipinski definition) is 6. The Kier molecular flexibility index (Phi) is 10.8. The average Bonchev–Trinajstić information content (AvgIpc) is 2.98. The van der Waals surface area contributed by atoms with E-state index >= 15 is 0 Å². The normalized spacial score (nSPS) is 19.1. The molecule has 0 aromatic heterocycles. The van der Waals surface area contributed by atoms with Crippen molar-refractivity contribution in [2.45, 2.75) is 64.5 Å². The zero-order chi connectivity index (χ0) is 29.6. The molecule has 0 bridgehead atoms. The fourth-order valence-corrected chi connectivity index (χ4v) is 8.57. The molecule has 3 aromatic rings. The molecule has 0 saturated carbocycles. The molecule has 0 N–H and O–H groups in total. The van der Waals surface area contributed by atoms with Gasteiger partial charge >= 0.3 is 0 Å². The van der Waals surface area contributed by atoms with Gasteiger partial charge in [0.05, 0.1) is 33.0 Å². The lowest BCUT2D eigenvalue weighted by atomic mass is 9.80. The van der Waals surface area contributed by atoms with Crippen LogP contribution in [0.1, 0.15) is 51.3 Å². The lowest BCUT2D eigenvalue weighted by Gasteiger charge is -2.47. The monoisotopic (exact) mass is 578 g/mol. The second kappa shape index (κ2) is 14.1. The van der Waals surface area contributed by atoms with E-state index in [1.54, 1.807) is 14.2 Å². The van der Waals surface area contributed by atoms with Gasteiger partial charge in [-0.2, -0.15) is 0 Å². The Labute approximate surface area is 248 Å². The highest BCUT2D eigenvalue weighted by Crippen LogP contribution is 2.46. The molecule has 7 heteroatoms. The summed E-state index contributed by atoms with van der Waals surface area (Å²) in [5.41, 5.74) is 2.26. The van der Waals surface area contributed by atoms with Gasteiger partial charge in [0.1, 0.15) is 17.1 Å². The van der Waals surface area contributed by atoms with Gasteiger partial charge in [0.25, 0.3) is 0 Å². The zero-order valence-corrected chi connectivity index (χ0v) is 26.8. The molecule has 0 radical (unpaired) electrons. The summed E-state index contributed by atoms with van der Waals surface area (Å²) in [5, 5.41) is 0. The van der Waals surface area contributed by atoms with E-state index in [1.807, 2.05) is 30.3 Å². The number of morpholine rings is 1. The first kappa shape index (κ1) is 31.5. The van der Waals surface area contributed by atoms with Crippen LogP contribution in [0.5, 0.6) is 11.5 Å². The molecular weight excluding hydrogens is 531 g/mol. The first-order chi connectivity index (χ1) is 19.7. The molecule has 222 valence electrons. The Morgan fingerprint density at radius 2 is 1.29 bits per heavy atom. The summed E-state index contributed by atoms with van der Waals surface area (Å²) in [6, 6.07) is 27.8. The SMILES string of the molecule is COc1ccc(C(OC[C@@H]2CN(P(C)N(C(C)C)C(C)C)C[C@H](C)O2)(c2ccccc2)c2ccc(OC)cc2)cc1. The van der Waals surface area contributed by atoms with Gasteiger partial charge in [-0.3, -0.25) is 9.34 Å². The summed E-state index contributed by atoms with van der Waals surface area (Å²) in [4.78, 5) is 0. The predicted octanol–water partition coefficient (Wildman–Crippen LogP) is 7.16. The van der Waals surface area contributed by atoms with Crippen LogP contribution in [0.25, 0.3) is 0 Å². The highest BCUT2D eigenvalue weighted by molar-refractivity contribution is 7.51. The third-order valence-corrected chi connectivity index (χ3v) is 10.5. The van der Waals surface area contributed by atoms with Gasteiger partial charge in [0, 0.05) is 33.4 Å². The Bertz CT molecular complexity index is 1150. The van der Waals surface area contributed by atoms with Crippen molar-refractivity contribution >= 4 is 8.22 Å². The number of methoxy groups -OCH3 is 2. The summed E-state index contributed by atoms with van der Waals surface area (Å²) in [6.07, 6.45) is 0.0565. The smallest absolute Gasteiger partial charge is 0.143 e. The van der Waals surface area contributed by atoms with Gasteiger partial charge in [0.2, 0.25) is 0 Å². The van der Waals surface area contributed by atoms with E-state index in [2.05, 4.69) is 99.2 Å². The van der Waals surface area contributed by atoms with Crippen LogP contribution in [0, 0.1) is 0 Å². The van der Waals surface area contributed by atoms with Crippen molar-refractivity contribution in [1.82, 2.24) is 9.34 Å². The van der Waals surface area contributed by atoms with E-state index in [4.69, 9.17) is 18.9 Å². The van der Waals surface area contributed by atoms with E-state index < -0.39 is 13.8 Å². The van der Waals surface area contributed by atoms with Crippen molar-refractivity contribution in [3.8, 4) is 11.5 Å². The van der Waals surface area contributed by atoms with Gasteiger partial charge in [0.15, 0.2) is 0 Å². The summed E-state index contributed by atoms with van der Waals surface area (Å²) in [5.74, 6) is 1.61. The third kappa shape index (κ3) is 7.13. The Morgan fingerprint density at radius 1 is 0.805 bits per heavy atom. The average molecular weight is 579 g/mol. The number of ether oxygens (including phenoxy) is 4. The van der Waals surface area contributed by atoms with Crippen molar-refractivity contribution in [3.05, 3.63) is 95.6 Å². The minimum absolute atomic E-state index is 0.0653. The minimum atomic E-state index is -0.854. The Hall–Kier alpha value is -2.47. The van der Waals surface area contributed by atoms with Crippen molar-refractivity contribution in [2.24, 2.45) is 0 Å². The minimum Gasteiger partial charge on any atom is -0.497 e. The van der Waals surface area contributed by atoms with Crippen LogP contribution in [-0.4, -0.2) is 74.2 Å². The molecule has 0 spiro atoms. The number of benzene rings is 3. The first-order valence-corrected chi connectivity index (χ1v) is 16.3. The predicted molar refractivity (Wildman–Crippen MR) is 169 cm³/mol. The molecule has 3 atom stereocenters. The molecule has 1 fully saturated rings. The number of hydrogen-bond donors (Lipinski definition) is 0. The van der Waals surface area contributed by atoms with E-state index in [-0.39, 0.29) is 12.2 Å². The topological polar surface area (TPSA) is 43.4 Å². The highest BCUT2D eigenvalue weighted by Gasteiger charge is 2.40. The van der Waals surface area contributed by atoms with E-state index in [1.165, 1.54) is 0 Å². The molecule has 0 aliphatic carbocycles. The van der Waals surface area contributed by atoms with Crippen LogP contribution in [0.4, 0.5) is 0 Å². The second-order valence-electron chi connectivity index (χ2n) is 11.3. The van der Waals surface area contributed by atoms with Crippen molar-refractivity contribution in [2.75, 3.05) is 40.6 Å². The number of rotatable bonds is 12. The van der Waals surface area contributed by atoms with Crippen LogP contribution in [-0.2, 0) is 15.1 Å². The molecule has 1 aliphatic heterocycles. The molecule has 1 saturated heterocycles. The van der Waals surface area contributed by atoms with Crippen LogP contribution in [0.15, 0.2) is 78.9 Å². The van der Waals surface area contributed by atoms with Crippen LogP contribution >= 0.6 is 8.22 Å². The van der Waals surface area contributed by atoms with Crippen molar-refractivity contribution < 1.29 is 18.9 Å². The van der Waals surface area contributed by atoms with Gasteiger partial charge < -0.3 is 18.9 Å². The zero-order valence-electron chi connectivity index (χ0n) is 25.9. The van der Waals surface area contributed by atoms with Crippen LogP contribution < -0.4 is 9.47 Å². The maximum absolute atomic E-state index is 7.17. The Morgan fingerprint density at radius 3 is 1.76 bits per heavy atom. The molecule has 3 aromatic carbocycles. The van der Waals surface area contributed by atoms with Gasteiger partial charge in [-0.05, 0) is 82.2 Å². The molecule has 41 heavy (non-hydrogen) atoms. The summed E-state index contributed by atoms with van der Waals surface area (Å²) < 4.78 is 29.9. The molecular formula is C34H47N2O4P. The second-order valence-corrected chi connectivity index (χ2v) is 13.3. The maximum atomic E-state index is 7.17. The summed E-state index contributed by atoms with van der Waals surface area (Å²) >= 11 is 0. The first-order valence-electron chi connectivity index (χ1n) is 14.6. The van der Waals surface area contributed by atoms with E-state index in [0.29, 0.717) is 18.7 Å². The fraction of sp³-hybridized carbons (Fsp3) is 0.471. The summed E-state index contributed by atoms with van der Waals surface area (Å²) in [6.45, 7) is 15.9. The lowest BCUT2D eigenvalue weighted by Crippen LogP contribution is -2.50. The molecule has 0 amide bonds. The van der Waals surface area contributed by atoms with Crippen molar-refractivity contribution in [1.29, 1.82) is 0 Å². The summed E-state index contributed by atoms with van der Waals surface area (Å²) in [7, 11) is 2.91. The van der Waals surface area contributed by atoms with Gasteiger partial charge in [-0.1, -0.05) is 54.6 Å². The highest BCUT2D eigenvalue weighted by atomic mass is 31.1. The lowest BCUT2D eigenvalue weighted by molar-refractivity contribution is -0.113. The van der Waals surface area contributed by atoms with E-state index in [9.17, 15) is 0 Å². The maximum Gasteiger partial charge on any atom is 0.143 e. The quantitative estimate of drug-likeness (QED) is 0.168. The van der Waals surface area contributed by atoms with Crippen LogP contribution in [0.3, 0.4) is 0 Å². The largest absolute Gasteiger partial charge is 0.497 e. The molecule has 1 heterocycles. The molecule has 1 aliphatic rings. The van der Waals surface area contributed by atoms with E-state index in [0.717, 1.165) is 41.3 Å². The third-order valence-electron chi connectivity index (χ3n) is 7.77. The molecule has 1 unspecified atom stereocenters. The number of nitrogens with zero attached hydrogens (tertiary/aromatic N) is 2. The van der Waals surface area contributed by atoms with Crippen LogP contribution in [0.2, 0.25) is 0 Å². The fourth-order valence-electron chi connectivity index (χ4n) is 6.05. The molecule has 6 nitrogen and oxygen atoms in total. The standard InChI is InChI=1S/C34H47N2O4P/c1-25(2)36(26(3)4)41(8)35-22-27(5)40-33(23-35)24-39-34(28-12-10-9-11-13-28,29-14-18-31(37-6)19-15-29)30-16-20-32(38-7)21-17-30/h9-21,25-27,33H,22-24H2,1-8H3/t27-,33-,41?/m0/s1. The van der Waals surface area contributed by atoms with Gasteiger partial charge in [-0.15, -0.1) is 0 Å².